The third-order valence-electron chi connectivity index (χ3n) is 5.89. The van der Waals surface area contributed by atoms with E-state index in [1.807, 2.05) is 54.6 Å². The van der Waals surface area contributed by atoms with Crippen LogP contribution in [-0.4, -0.2) is 0 Å². The van der Waals surface area contributed by atoms with Crippen LogP contribution < -0.4 is 14.2 Å². The molecule has 0 saturated heterocycles. The highest BCUT2D eigenvalue weighted by Gasteiger charge is 2.30. The minimum atomic E-state index is 0.711. The largest absolute Gasteiger partial charge is 0.438 e. The van der Waals surface area contributed by atoms with Gasteiger partial charge in [0.2, 0.25) is 11.5 Å². The van der Waals surface area contributed by atoms with E-state index in [2.05, 4.69) is 70.1 Å². The molecule has 0 amide bonds. The molecule has 0 spiro atoms. The van der Waals surface area contributed by atoms with Crippen molar-refractivity contribution in [3.8, 4) is 5.75 Å². The molecule has 2 heterocycles. The molecule has 4 aromatic carbocycles. The maximum Gasteiger partial charge on any atom is 0.379 e. The van der Waals surface area contributed by atoms with Crippen LogP contribution in [0.25, 0.3) is 17.2 Å². The van der Waals surface area contributed by atoms with E-state index in [0.29, 0.717) is 13.1 Å². The Morgan fingerprint density at radius 3 is 2.18 bits per heavy atom. The highest BCUT2D eigenvalue weighted by molar-refractivity contribution is 5.72. The Balaban J connectivity index is 1.45. The summed E-state index contributed by atoms with van der Waals surface area (Å²) in [6.45, 7) is 1.42. The molecule has 0 aliphatic carbocycles. The zero-order valence-corrected chi connectivity index (χ0v) is 18.1. The number of nitrogens with zero attached hydrogens (tertiary/aromatic N) is 2. The zero-order valence-electron chi connectivity index (χ0n) is 18.1. The zero-order chi connectivity index (χ0) is 22.0. The van der Waals surface area contributed by atoms with Crippen molar-refractivity contribution in [3.63, 3.8) is 0 Å². The van der Waals surface area contributed by atoms with Gasteiger partial charge in [-0.25, -0.2) is 0 Å². The molecule has 4 heteroatoms. The van der Waals surface area contributed by atoms with Crippen molar-refractivity contribution in [2.24, 2.45) is 0 Å². The van der Waals surface area contributed by atoms with Gasteiger partial charge >= 0.3 is 5.89 Å². The average molecular weight is 432 g/mol. The van der Waals surface area contributed by atoms with Gasteiger partial charge in [0.15, 0.2) is 12.3 Å². The highest BCUT2D eigenvalue weighted by atomic mass is 16.5. The summed E-state index contributed by atoms with van der Waals surface area (Å²) in [7, 11) is 0. The number of benzene rings is 4. The fraction of sp³-hybridized carbons (Fsp3) is 0.0690. The van der Waals surface area contributed by atoms with Gasteiger partial charge in [-0.1, -0.05) is 84.9 Å². The Morgan fingerprint density at radius 2 is 1.36 bits per heavy atom. The van der Waals surface area contributed by atoms with Gasteiger partial charge in [0.25, 0.3) is 5.52 Å². The fourth-order valence-electron chi connectivity index (χ4n) is 4.28. The summed E-state index contributed by atoms with van der Waals surface area (Å²) >= 11 is 0. The molecule has 5 aromatic rings. The lowest BCUT2D eigenvalue weighted by atomic mass is 10.2. The Hall–Kier alpha value is -4.31. The molecule has 1 aliphatic heterocycles. The summed E-state index contributed by atoms with van der Waals surface area (Å²) < 4.78 is 14.8. The molecular formula is C29H23N2O2+. The second-order valence-corrected chi connectivity index (χ2v) is 8.10. The van der Waals surface area contributed by atoms with Crippen LogP contribution in [0.3, 0.4) is 0 Å². The first kappa shape index (κ1) is 19.4. The topological polar surface area (TPSA) is 29.5 Å². The van der Waals surface area contributed by atoms with Gasteiger partial charge in [-0.05, 0) is 23.8 Å². The number of para-hydroxylation sites is 4. The first-order valence-corrected chi connectivity index (χ1v) is 11.1. The van der Waals surface area contributed by atoms with Gasteiger partial charge in [-0.3, -0.25) is 0 Å². The Morgan fingerprint density at radius 1 is 0.697 bits per heavy atom. The maximum absolute atomic E-state index is 6.31. The van der Waals surface area contributed by atoms with Crippen molar-refractivity contribution < 1.29 is 13.7 Å². The fourth-order valence-corrected chi connectivity index (χ4v) is 4.28. The third-order valence-corrected chi connectivity index (χ3v) is 5.89. The van der Waals surface area contributed by atoms with E-state index in [0.717, 1.165) is 34.3 Å². The quantitative estimate of drug-likeness (QED) is 0.312. The van der Waals surface area contributed by atoms with Gasteiger partial charge in [0.1, 0.15) is 6.08 Å². The standard InChI is InChI=1S/C29H23N2O2/c1-3-11-22(12-4-1)20-30-24-15-7-9-17-26(24)32-28(30)19-29-31(21-23-13-5-2-6-14-23)25-16-8-10-18-27(25)33-29/h1-19H,20-21H2/q+1. The van der Waals surface area contributed by atoms with Crippen LogP contribution in [-0.2, 0) is 13.1 Å². The van der Waals surface area contributed by atoms with E-state index in [1.165, 1.54) is 11.1 Å². The van der Waals surface area contributed by atoms with Gasteiger partial charge in [0.05, 0.1) is 12.2 Å². The summed E-state index contributed by atoms with van der Waals surface area (Å²) in [5, 5.41) is 0. The number of hydrogen-bond donors (Lipinski definition) is 0. The summed E-state index contributed by atoms with van der Waals surface area (Å²) in [5.74, 6) is 2.35. The maximum atomic E-state index is 6.31. The molecule has 0 radical (unpaired) electrons. The molecule has 6 rings (SSSR count). The van der Waals surface area contributed by atoms with E-state index in [4.69, 9.17) is 9.15 Å². The minimum absolute atomic E-state index is 0.711. The van der Waals surface area contributed by atoms with Crippen LogP contribution in [0.2, 0.25) is 0 Å². The monoisotopic (exact) mass is 431 g/mol. The van der Waals surface area contributed by atoms with Crippen molar-refractivity contribution in [3.05, 3.63) is 132 Å². The number of oxazole rings is 1. The molecule has 1 aliphatic rings. The van der Waals surface area contributed by atoms with Crippen molar-refractivity contribution in [2.45, 2.75) is 13.1 Å². The first-order chi connectivity index (χ1) is 16.3. The van der Waals surface area contributed by atoms with Crippen LogP contribution in [0.5, 0.6) is 5.75 Å². The van der Waals surface area contributed by atoms with E-state index in [9.17, 15) is 0 Å². The predicted octanol–water partition coefficient (Wildman–Crippen LogP) is 6.17. The molecule has 1 aromatic heterocycles. The number of hydrogen-bond acceptors (Lipinski definition) is 3. The molecule has 0 saturated carbocycles. The second kappa shape index (κ2) is 8.32. The minimum Gasteiger partial charge on any atom is -0.438 e. The Labute approximate surface area is 192 Å². The lowest BCUT2D eigenvalue weighted by molar-refractivity contribution is -0.669. The van der Waals surface area contributed by atoms with Gasteiger partial charge < -0.3 is 14.1 Å². The smallest absolute Gasteiger partial charge is 0.379 e. The van der Waals surface area contributed by atoms with E-state index >= 15 is 0 Å². The van der Waals surface area contributed by atoms with E-state index < -0.39 is 0 Å². The van der Waals surface area contributed by atoms with Crippen LogP contribution in [0.1, 0.15) is 17.0 Å². The Kier molecular flexibility index (Phi) is 4.89. The third kappa shape index (κ3) is 3.76. The molecule has 160 valence electrons. The van der Waals surface area contributed by atoms with Crippen molar-refractivity contribution in [1.29, 1.82) is 0 Å². The SMILES string of the molecule is C(=C1\Oc2ccccc2N1Cc1ccccc1)/c1oc2ccccc2[n+]1Cc1ccccc1. The van der Waals surface area contributed by atoms with Crippen LogP contribution >= 0.6 is 0 Å². The number of aromatic nitrogens is 1. The Bertz CT molecular complexity index is 1440. The molecular weight excluding hydrogens is 408 g/mol. The summed E-state index contributed by atoms with van der Waals surface area (Å²) in [4.78, 5) is 2.20. The van der Waals surface area contributed by atoms with Crippen LogP contribution in [0.15, 0.2) is 119 Å². The average Bonchev–Trinajstić information content (AvgIpc) is 3.38. The predicted molar refractivity (Wildman–Crippen MR) is 130 cm³/mol. The number of rotatable bonds is 5. The van der Waals surface area contributed by atoms with Crippen LogP contribution in [0, 0.1) is 0 Å². The summed E-state index contributed by atoms with van der Waals surface area (Å²) in [6, 6.07) is 37.1. The summed E-state index contributed by atoms with van der Waals surface area (Å²) in [5.41, 5.74) is 5.39. The van der Waals surface area contributed by atoms with Gasteiger partial charge in [-0.15, -0.1) is 0 Å². The van der Waals surface area contributed by atoms with Crippen molar-refractivity contribution in [1.82, 2.24) is 0 Å². The second-order valence-electron chi connectivity index (χ2n) is 8.10. The normalized spacial score (nSPS) is 13.9. The molecule has 4 nitrogen and oxygen atoms in total. The molecule has 33 heavy (non-hydrogen) atoms. The highest BCUT2D eigenvalue weighted by Crippen LogP contribution is 2.40. The van der Waals surface area contributed by atoms with Gasteiger partial charge in [-0.2, -0.15) is 4.57 Å². The van der Waals surface area contributed by atoms with E-state index in [1.54, 1.807) is 0 Å². The van der Waals surface area contributed by atoms with Gasteiger partial charge in [0, 0.05) is 11.6 Å². The number of fused-ring (bicyclic) bond motifs is 2. The van der Waals surface area contributed by atoms with E-state index in [-0.39, 0.29) is 0 Å². The van der Waals surface area contributed by atoms with Crippen LogP contribution in [0.4, 0.5) is 5.69 Å². The molecule has 0 atom stereocenters. The lowest BCUT2D eigenvalue weighted by Gasteiger charge is -2.18. The first-order valence-electron chi connectivity index (χ1n) is 11.1. The molecule has 0 unspecified atom stereocenters. The lowest BCUT2D eigenvalue weighted by Crippen LogP contribution is -2.36. The molecule has 0 fully saturated rings. The molecule has 0 N–H and O–H groups in total. The molecule has 0 bridgehead atoms. The number of ether oxygens (including phenoxy) is 1. The van der Waals surface area contributed by atoms with Crippen molar-refractivity contribution >= 4 is 22.9 Å². The summed E-state index contributed by atoms with van der Waals surface area (Å²) in [6.07, 6.45) is 2.01. The van der Waals surface area contributed by atoms with Crippen molar-refractivity contribution in [2.75, 3.05) is 4.90 Å². The number of anilines is 1.